The van der Waals surface area contributed by atoms with Crippen LogP contribution in [0.15, 0.2) is 39.9 Å². The van der Waals surface area contributed by atoms with Crippen LogP contribution >= 0.6 is 0 Å². The van der Waals surface area contributed by atoms with Crippen LogP contribution in [0.5, 0.6) is 6.01 Å². The standard InChI is InChI=1S/C22H23N7O7/c1-3-35-19(30)14-4-6-16(17(12-14)29(31)32)18-7-5-15(36-18)13-23-27-20-24-21(26-22(25-20)33-2)28-8-10-34-11-9-28/h4-7,12-13H,3,8-11H2,1-2H3,(H,24,25,26,27)/b23-13-. The molecule has 1 saturated heterocycles. The smallest absolute Gasteiger partial charge is 0.338 e. The van der Waals surface area contributed by atoms with Gasteiger partial charge < -0.3 is 23.5 Å². The van der Waals surface area contributed by atoms with E-state index in [1.54, 1.807) is 19.1 Å². The monoisotopic (exact) mass is 497 g/mol. The summed E-state index contributed by atoms with van der Waals surface area (Å²) in [5, 5.41) is 15.7. The van der Waals surface area contributed by atoms with Gasteiger partial charge in [0.15, 0.2) is 0 Å². The molecule has 0 amide bonds. The molecular formula is C22H23N7O7. The highest BCUT2D eigenvalue weighted by Crippen LogP contribution is 2.32. The van der Waals surface area contributed by atoms with Crippen LogP contribution in [-0.2, 0) is 9.47 Å². The van der Waals surface area contributed by atoms with Crippen molar-refractivity contribution in [2.75, 3.05) is 50.3 Å². The van der Waals surface area contributed by atoms with Crippen molar-refractivity contribution in [3.8, 4) is 17.3 Å². The summed E-state index contributed by atoms with van der Waals surface area (Å²) in [5.74, 6) is 0.501. The van der Waals surface area contributed by atoms with Gasteiger partial charge in [-0.05, 0) is 31.2 Å². The van der Waals surface area contributed by atoms with Gasteiger partial charge in [-0.15, -0.1) is 0 Å². The fraction of sp³-hybridized carbons (Fsp3) is 0.318. The topological polar surface area (TPSA) is 167 Å². The number of methoxy groups -OCH3 is 1. The van der Waals surface area contributed by atoms with Gasteiger partial charge in [-0.25, -0.2) is 10.2 Å². The molecule has 0 saturated carbocycles. The number of furan rings is 1. The number of anilines is 2. The van der Waals surface area contributed by atoms with Gasteiger partial charge in [0.25, 0.3) is 11.6 Å². The summed E-state index contributed by atoms with van der Waals surface area (Å²) in [4.78, 5) is 37.6. The fourth-order valence-electron chi connectivity index (χ4n) is 3.34. The summed E-state index contributed by atoms with van der Waals surface area (Å²) in [6, 6.07) is 7.33. The number of hydrogen-bond donors (Lipinski definition) is 1. The largest absolute Gasteiger partial charge is 0.467 e. The second-order valence-corrected chi connectivity index (χ2v) is 7.33. The Balaban J connectivity index is 1.50. The lowest BCUT2D eigenvalue weighted by Crippen LogP contribution is -2.37. The van der Waals surface area contributed by atoms with Crippen LogP contribution in [0.3, 0.4) is 0 Å². The number of nitro groups is 1. The predicted octanol–water partition coefficient (Wildman–Crippen LogP) is 2.51. The number of hydrogen-bond acceptors (Lipinski definition) is 13. The van der Waals surface area contributed by atoms with E-state index in [2.05, 4.69) is 25.5 Å². The highest BCUT2D eigenvalue weighted by molar-refractivity contribution is 5.92. The molecule has 1 aromatic carbocycles. The molecule has 0 bridgehead atoms. The van der Waals surface area contributed by atoms with Crippen LogP contribution in [0.4, 0.5) is 17.6 Å². The van der Waals surface area contributed by atoms with Crippen LogP contribution in [0, 0.1) is 10.1 Å². The van der Waals surface area contributed by atoms with Crippen molar-refractivity contribution in [3.05, 3.63) is 51.8 Å². The molecule has 1 N–H and O–H groups in total. The van der Waals surface area contributed by atoms with Gasteiger partial charge >= 0.3 is 12.0 Å². The Hall–Kier alpha value is -4.59. The number of nitrogens with zero attached hydrogens (tertiary/aromatic N) is 6. The summed E-state index contributed by atoms with van der Waals surface area (Å²) in [6.07, 6.45) is 1.37. The second-order valence-electron chi connectivity index (χ2n) is 7.33. The van der Waals surface area contributed by atoms with E-state index in [1.807, 2.05) is 4.90 Å². The minimum atomic E-state index is -0.641. The molecule has 0 atom stereocenters. The van der Waals surface area contributed by atoms with Gasteiger partial charge in [0.05, 0.1) is 49.2 Å². The first-order chi connectivity index (χ1) is 17.5. The maximum Gasteiger partial charge on any atom is 0.338 e. The van der Waals surface area contributed by atoms with E-state index in [0.29, 0.717) is 38.0 Å². The molecule has 1 aliphatic rings. The SMILES string of the molecule is CCOC(=O)c1ccc(-c2ccc(/C=N\Nc3nc(OC)nc(N4CCOCC4)n3)o2)c([N+](=O)[O-])c1. The molecule has 14 heteroatoms. The number of nitrogens with one attached hydrogen (secondary N) is 1. The summed E-state index contributed by atoms with van der Waals surface area (Å²) < 4.78 is 21.1. The van der Waals surface area contributed by atoms with E-state index in [-0.39, 0.29) is 41.1 Å². The number of rotatable bonds is 9. The summed E-state index contributed by atoms with van der Waals surface area (Å²) in [5.41, 5.74) is 2.70. The Morgan fingerprint density at radius 3 is 2.78 bits per heavy atom. The van der Waals surface area contributed by atoms with Gasteiger partial charge in [0, 0.05) is 19.2 Å². The molecule has 188 valence electrons. The minimum absolute atomic E-state index is 0.0778. The number of hydrazone groups is 1. The molecule has 1 fully saturated rings. The quantitative estimate of drug-likeness (QED) is 0.199. The zero-order valence-electron chi connectivity index (χ0n) is 19.5. The first-order valence-corrected chi connectivity index (χ1v) is 11.0. The fourth-order valence-corrected chi connectivity index (χ4v) is 3.34. The Labute approximate surface area is 205 Å². The first-order valence-electron chi connectivity index (χ1n) is 11.0. The van der Waals surface area contributed by atoms with E-state index in [9.17, 15) is 14.9 Å². The number of benzene rings is 1. The Morgan fingerprint density at radius 2 is 2.06 bits per heavy atom. The van der Waals surface area contributed by atoms with Crippen molar-refractivity contribution in [3.63, 3.8) is 0 Å². The minimum Gasteiger partial charge on any atom is -0.467 e. The summed E-state index contributed by atoms with van der Waals surface area (Å²) in [7, 11) is 1.45. The molecule has 14 nitrogen and oxygen atoms in total. The Kier molecular flexibility index (Phi) is 7.65. The van der Waals surface area contributed by atoms with Crippen LogP contribution in [0.1, 0.15) is 23.0 Å². The first kappa shape index (κ1) is 24.5. The maximum absolute atomic E-state index is 11.9. The molecule has 0 unspecified atom stereocenters. The molecule has 36 heavy (non-hydrogen) atoms. The molecule has 0 radical (unpaired) electrons. The van der Waals surface area contributed by atoms with E-state index in [4.69, 9.17) is 18.6 Å². The third kappa shape index (κ3) is 5.72. The van der Waals surface area contributed by atoms with E-state index < -0.39 is 10.9 Å². The van der Waals surface area contributed by atoms with Crippen LogP contribution in [0.25, 0.3) is 11.3 Å². The van der Waals surface area contributed by atoms with Crippen LogP contribution in [-0.4, -0.2) is 72.1 Å². The Bertz CT molecular complexity index is 1270. The van der Waals surface area contributed by atoms with Crippen molar-refractivity contribution in [1.82, 2.24) is 15.0 Å². The average Bonchev–Trinajstić information content (AvgIpc) is 3.37. The van der Waals surface area contributed by atoms with Crippen LogP contribution < -0.4 is 15.1 Å². The van der Waals surface area contributed by atoms with E-state index in [0.717, 1.165) is 6.07 Å². The summed E-state index contributed by atoms with van der Waals surface area (Å²) >= 11 is 0. The Morgan fingerprint density at radius 1 is 1.25 bits per heavy atom. The van der Waals surface area contributed by atoms with Crippen molar-refractivity contribution < 1.29 is 28.3 Å². The van der Waals surface area contributed by atoms with Gasteiger partial charge in [0.2, 0.25) is 5.95 Å². The number of esters is 1. The van der Waals surface area contributed by atoms with Crippen molar-refractivity contribution >= 4 is 29.8 Å². The van der Waals surface area contributed by atoms with Gasteiger partial charge in [0.1, 0.15) is 11.5 Å². The lowest BCUT2D eigenvalue weighted by molar-refractivity contribution is -0.384. The lowest BCUT2D eigenvalue weighted by atomic mass is 10.1. The van der Waals surface area contributed by atoms with Gasteiger partial charge in [-0.1, -0.05) is 0 Å². The molecule has 2 aromatic heterocycles. The maximum atomic E-state index is 11.9. The molecule has 0 spiro atoms. The zero-order chi connectivity index (χ0) is 25.5. The van der Waals surface area contributed by atoms with Gasteiger partial charge in [-0.3, -0.25) is 10.1 Å². The van der Waals surface area contributed by atoms with Crippen molar-refractivity contribution in [2.24, 2.45) is 5.10 Å². The molecule has 4 rings (SSSR count). The number of ether oxygens (including phenoxy) is 3. The van der Waals surface area contributed by atoms with E-state index >= 15 is 0 Å². The molecular weight excluding hydrogens is 474 g/mol. The van der Waals surface area contributed by atoms with Crippen molar-refractivity contribution in [2.45, 2.75) is 6.92 Å². The summed E-state index contributed by atoms with van der Waals surface area (Å²) in [6.45, 7) is 4.23. The van der Waals surface area contributed by atoms with Crippen molar-refractivity contribution in [1.29, 1.82) is 0 Å². The molecule has 3 aromatic rings. The molecule has 1 aliphatic heterocycles. The third-order valence-corrected chi connectivity index (χ3v) is 5.03. The van der Waals surface area contributed by atoms with Gasteiger partial charge in [-0.2, -0.15) is 20.1 Å². The number of aromatic nitrogens is 3. The second kappa shape index (κ2) is 11.2. The number of carbonyl (C=O) groups excluding carboxylic acids is 1. The highest BCUT2D eigenvalue weighted by atomic mass is 16.6. The number of morpholine rings is 1. The van der Waals surface area contributed by atoms with E-state index in [1.165, 1.54) is 25.5 Å². The molecule has 0 aliphatic carbocycles. The molecule has 3 heterocycles. The normalized spacial score (nSPS) is 13.6. The average molecular weight is 497 g/mol. The third-order valence-electron chi connectivity index (χ3n) is 5.03. The zero-order valence-corrected chi connectivity index (χ0v) is 19.5. The lowest BCUT2D eigenvalue weighted by Gasteiger charge is -2.26. The van der Waals surface area contributed by atoms with Crippen LogP contribution in [0.2, 0.25) is 0 Å². The predicted molar refractivity (Wildman–Crippen MR) is 127 cm³/mol. The number of nitro benzene ring substituents is 1. The number of carbonyl (C=O) groups is 1. The highest BCUT2D eigenvalue weighted by Gasteiger charge is 2.21.